The van der Waals surface area contributed by atoms with Gasteiger partial charge in [-0.3, -0.25) is 0 Å². The predicted molar refractivity (Wildman–Crippen MR) is 237 cm³/mol. The Kier molecular flexibility index (Phi) is 8.22. The number of ether oxygens (including phenoxy) is 2. The van der Waals surface area contributed by atoms with Gasteiger partial charge in [0.15, 0.2) is 40.5 Å². The van der Waals surface area contributed by atoms with Crippen molar-refractivity contribution in [3.63, 3.8) is 0 Å². The van der Waals surface area contributed by atoms with E-state index in [0.717, 1.165) is 56.7 Å². The largest absolute Gasteiger partial charge is 0.449 e. The van der Waals surface area contributed by atoms with Crippen molar-refractivity contribution in [2.75, 3.05) is 0 Å². The van der Waals surface area contributed by atoms with Crippen LogP contribution in [0.2, 0.25) is 0 Å². The monoisotopic (exact) mass is 761 g/mol. The van der Waals surface area contributed by atoms with Crippen LogP contribution in [0, 0.1) is 0 Å². The molecule has 3 aliphatic rings. The molecule has 282 valence electrons. The molecule has 8 aromatic rings. The molecule has 0 fully saturated rings. The average molecular weight is 762 g/mol. The van der Waals surface area contributed by atoms with Crippen LogP contribution < -0.4 is 9.47 Å². The fourth-order valence-corrected chi connectivity index (χ4v) is 8.85. The number of hydrogen-bond donors (Lipinski definition) is 0. The van der Waals surface area contributed by atoms with Crippen molar-refractivity contribution in [3.05, 3.63) is 205 Å². The highest BCUT2D eigenvalue weighted by molar-refractivity contribution is 5.89. The average Bonchev–Trinajstić information content (AvgIpc) is 3.54. The molecule has 0 saturated heterocycles. The van der Waals surface area contributed by atoms with E-state index in [0.29, 0.717) is 40.6 Å². The van der Waals surface area contributed by atoms with Crippen LogP contribution in [0.4, 0.5) is 0 Å². The zero-order valence-corrected chi connectivity index (χ0v) is 32.8. The van der Waals surface area contributed by atoms with Gasteiger partial charge in [0, 0.05) is 33.6 Å². The molecule has 1 unspecified atom stereocenters. The molecule has 0 spiro atoms. The van der Waals surface area contributed by atoms with Crippen LogP contribution in [0.3, 0.4) is 0 Å². The van der Waals surface area contributed by atoms with Crippen LogP contribution in [0.25, 0.3) is 61.7 Å². The molecule has 7 aromatic carbocycles. The van der Waals surface area contributed by atoms with Crippen molar-refractivity contribution in [1.29, 1.82) is 0 Å². The minimum atomic E-state index is -0.132. The lowest BCUT2D eigenvalue weighted by molar-refractivity contribution is 0.360. The Bertz CT molecular complexity index is 2990. The molecule has 5 nitrogen and oxygen atoms in total. The maximum absolute atomic E-state index is 6.73. The van der Waals surface area contributed by atoms with Crippen LogP contribution in [-0.4, -0.2) is 15.0 Å². The molecule has 0 saturated carbocycles. The normalized spacial score (nSPS) is 15.5. The van der Waals surface area contributed by atoms with E-state index < -0.39 is 0 Å². The minimum Gasteiger partial charge on any atom is -0.449 e. The Morgan fingerprint density at radius 3 is 1.90 bits per heavy atom. The number of fused-ring (bicyclic) bond motifs is 6. The number of benzene rings is 7. The highest BCUT2D eigenvalue weighted by atomic mass is 16.6. The number of hydrogen-bond acceptors (Lipinski definition) is 5. The summed E-state index contributed by atoms with van der Waals surface area (Å²) in [6, 6.07) is 56.8. The van der Waals surface area contributed by atoms with Crippen LogP contribution in [-0.2, 0) is 5.41 Å². The number of rotatable bonds is 6. The zero-order valence-electron chi connectivity index (χ0n) is 32.8. The van der Waals surface area contributed by atoms with E-state index >= 15 is 0 Å². The second-order valence-corrected chi connectivity index (χ2v) is 15.9. The van der Waals surface area contributed by atoms with Gasteiger partial charge in [0.2, 0.25) is 0 Å². The quantitative estimate of drug-likeness (QED) is 0.169. The summed E-state index contributed by atoms with van der Waals surface area (Å²) in [5.41, 5.74) is 13.1. The summed E-state index contributed by atoms with van der Waals surface area (Å²) in [7, 11) is 0. The van der Waals surface area contributed by atoms with E-state index in [1.807, 2.05) is 24.3 Å². The summed E-state index contributed by atoms with van der Waals surface area (Å²) >= 11 is 0. The summed E-state index contributed by atoms with van der Waals surface area (Å²) in [6.45, 7) is 4.55. The second-order valence-electron chi connectivity index (χ2n) is 15.9. The smallest absolute Gasteiger partial charge is 0.178 e. The summed E-state index contributed by atoms with van der Waals surface area (Å²) in [4.78, 5) is 15.5. The van der Waals surface area contributed by atoms with Gasteiger partial charge in [-0.05, 0) is 69.1 Å². The molecule has 0 radical (unpaired) electrons. The molecule has 1 aromatic heterocycles. The standard InChI is InChI=1S/C54H39N3O2/c1-54(2)44-20-12-11-19-43(44)49-45(54)30-32-47-50(49)59-46-31-29-40(33-48(46)58-47)41-17-9-10-18-42(41)53-56-51(38-25-21-36(22-26-38)34-13-5-3-6-14-34)55-52(57-53)39-27-23-37(24-28-39)35-15-7-4-8-16-35/h3-23,25-33,37H,24H2,1-2H3. The first-order valence-electron chi connectivity index (χ1n) is 20.2. The van der Waals surface area contributed by atoms with E-state index in [9.17, 15) is 0 Å². The van der Waals surface area contributed by atoms with Crippen molar-refractivity contribution in [1.82, 2.24) is 15.0 Å². The number of nitrogens with zero attached hydrogens (tertiary/aromatic N) is 3. The molecule has 59 heavy (non-hydrogen) atoms. The van der Waals surface area contributed by atoms with E-state index in [4.69, 9.17) is 24.4 Å². The Hall–Kier alpha value is -7.37. The third-order valence-electron chi connectivity index (χ3n) is 12.0. The van der Waals surface area contributed by atoms with Crippen molar-refractivity contribution in [3.8, 4) is 79.2 Å². The lowest BCUT2D eigenvalue weighted by Crippen LogP contribution is -2.15. The lowest BCUT2D eigenvalue weighted by atomic mass is 9.82. The topological polar surface area (TPSA) is 57.1 Å². The van der Waals surface area contributed by atoms with Gasteiger partial charge in [0.1, 0.15) is 0 Å². The Morgan fingerprint density at radius 2 is 1.12 bits per heavy atom. The molecular weight excluding hydrogens is 723 g/mol. The first-order valence-corrected chi connectivity index (χ1v) is 20.2. The van der Waals surface area contributed by atoms with Gasteiger partial charge in [-0.2, -0.15) is 0 Å². The van der Waals surface area contributed by atoms with E-state index in [2.05, 4.69) is 172 Å². The Morgan fingerprint density at radius 1 is 0.492 bits per heavy atom. The van der Waals surface area contributed by atoms with Gasteiger partial charge in [0.05, 0.1) is 0 Å². The molecule has 1 atom stereocenters. The number of allylic oxidation sites excluding steroid dienone is 4. The highest BCUT2D eigenvalue weighted by Crippen LogP contribution is 2.58. The summed E-state index contributed by atoms with van der Waals surface area (Å²) in [6.07, 6.45) is 7.53. The van der Waals surface area contributed by atoms with Gasteiger partial charge >= 0.3 is 0 Å². The molecular formula is C54H39N3O2. The maximum atomic E-state index is 6.73. The third kappa shape index (κ3) is 6.05. The maximum Gasteiger partial charge on any atom is 0.178 e. The van der Waals surface area contributed by atoms with E-state index in [-0.39, 0.29) is 5.41 Å². The van der Waals surface area contributed by atoms with Crippen molar-refractivity contribution >= 4 is 5.57 Å². The molecule has 5 heteroatoms. The van der Waals surface area contributed by atoms with Crippen LogP contribution in [0.5, 0.6) is 23.0 Å². The Balaban J connectivity index is 0.973. The first kappa shape index (κ1) is 34.8. The van der Waals surface area contributed by atoms with Crippen molar-refractivity contribution in [2.24, 2.45) is 0 Å². The lowest BCUT2D eigenvalue weighted by Gasteiger charge is -2.25. The summed E-state index contributed by atoms with van der Waals surface area (Å²) in [5.74, 6) is 4.99. The van der Waals surface area contributed by atoms with Gasteiger partial charge < -0.3 is 9.47 Å². The fraction of sp³-hybridized carbons (Fsp3) is 0.0926. The molecule has 0 amide bonds. The van der Waals surface area contributed by atoms with Crippen LogP contribution >= 0.6 is 0 Å². The Labute approximate surface area is 344 Å². The molecule has 2 heterocycles. The molecule has 1 aliphatic heterocycles. The predicted octanol–water partition coefficient (Wildman–Crippen LogP) is 13.9. The van der Waals surface area contributed by atoms with Gasteiger partial charge in [-0.15, -0.1) is 0 Å². The van der Waals surface area contributed by atoms with Crippen LogP contribution in [0.1, 0.15) is 48.7 Å². The third-order valence-corrected chi connectivity index (χ3v) is 12.0. The van der Waals surface area contributed by atoms with E-state index in [1.165, 1.54) is 22.3 Å². The van der Waals surface area contributed by atoms with Gasteiger partial charge in [-0.25, -0.2) is 15.0 Å². The fourth-order valence-electron chi connectivity index (χ4n) is 8.85. The number of aromatic nitrogens is 3. The summed E-state index contributed by atoms with van der Waals surface area (Å²) in [5, 5.41) is 0. The van der Waals surface area contributed by atoms with Gasteiger partial charge in [-0.1, -0.05) is 178 Å². The summed E-state index contributed by atoms with van der Waals surface area (Å²) < 4.78 is 13.4. The van der Waals surface area contributed by atoms with Crippen LogP contribution in [0.15, 0.2) is 182 Å². The van der Waals surface area contributed by atoms with Crippen molar-refractivity contribution in [2.45, 2.75) is 31.6 Å². The minimum absolute atomic E-state index is 0.132. The highest BCUT2D eigenvalue weighted by Gasteiger charge is 2.39. The molecule has 0 bridgehead atoms. The van der Waals surface area contributed by atoms with E-state index in [1.54, 1.807) is 0 Å². The molecule has 0 N–H and O–H groups in total. The van der Waals surface area contributed by atoms with Crippen molar-refractivity contribution < 1.29 is 9.47 Å². The molecule has 2 aliphatic carbocycles. The second kappa shape index (κ2) is 13.9. The SMILES string of the molecule is CC1(C)c2ccccc2-c2c1ccc1c2Oc2ccc(-c3ccccc3-c3nc(C4=CCC(c5ccccc5)C=C4)nc(-c4ccc(-c5ccccc5)cc4)n3)cc2O1. The zero-order chi connectivity index (χ0) is 39.5. The van der Waals surface area contributed by atoms with Gasteiger partial charge in [0.25, 0.3) is 0 Å². The molecule has 11 rings (SSSR count). The first-order chi connectivity index (χ1) is 29.0.